The van der Waals surface area contributed by atoms with Crippen LogP contribution in [0.15, 0.2) is 18.2 Å². The lowest BCUT2D eigenvalue weighted by atomic mass is 10.1. The van der Waals surface area contributed by atoms with Gasteiger partial charge in [-0.2, -0.15) is 0 Å². The van der Waals surface area contributed by atoms with Crippen molar-refractivity contribution in [1.82, 2.24) is 4.90 Å². The van der Waals surface area contributed by atoms with Crippen LogP contribution in [0.4, 0.5) is 4.39 Å². The zero-order valence-electron chi connectivity index (χ0n) is 10.7. The van der Waals surface area contributed by atoms with E-state index in [0.717, 1.165) is 12.1 Å². The maximum atomic E-state index is 13.4. The van der Waals surface area contributed by atoms with E-state index in [1.54, 1.807) is 19.1 Å². The number of rotatable bonds is 6. The van der Waals surface area contributed by atoms with Crippen LogP contribution in [0.3, 0.4) is 0 Å². The van der Waals surface area contributed by atoms with Crippen LogP contribution in [-0.4, -0.2) is 34.7 Å². The molecule has 0 radical (unpaired) electrons. The molecule has 1 rings (SSSR count). The molecule has 3 N–H and O–H groups in total. The van der Waals surface area contributed by atoms with Gasteiger partial charge >= 0.3 is 0 Å². The summed E-state index contributed by atoms with van der Waals surface area (Å²) >= 11 is 4.80. The van der Waals surface area contributed by atoms with Gasteiger partial charge in [0.05, 0.1) is 6.10 Å². The quantitative estimate of drug-likeness (QED) is 0.772. The summed E-state index contributed by atoms with van der Waals surface area (Å²) in [5.74, 6) is -0.391. The fraction of sp³-hybridized carbons (Fsp3) is 0.462. The Kier molecular flexibility index (Phi) is 5.65. The minimum atomic E-state index is -0.391. The lowest BCUT2D eigenvalue weighted by Crippen LogP contribution is -2.22. The highest BCUT2D eigenvalue weighted by Gasteiger charge is 2.08. The number of aliphatic hydroxyl groups excluding tert-OH is 1. The van der Waals surface area contributed by atoms with Crippen molar-refractivity contribution in [3.63, 3.8) is 0 Å². The van der Waals surface area contributed by atoms with Crippen LogP contribution in [0.5, 0.6) is 0 Å². The van der Waals surface area contributed by atoms with Crippen molar-refractivity contribution in [2.45, 2.75) is 26.0 Å². The predicted octanol–water partition coefficient (Wildman–Crippen LogP) is 1.66. The minimum absolute atomic E-state index is 0.0704. The summed E-state index contributed by atoms with van der Waals surface area (Å²) < 4.78 is 13.4. The fourth-order valence-electron chi connectivity index (χ4n) is 1.66. The van der Waals surface area contributed by atoms with Crippen LogP contribution in [0.25, 0.3) is 0 Å². The van der Waals surface area contributed by atoms with Crippen molar-refractivity contribution >= 4 is 17.2 Å². The first-order chi connectivity index (χ1) is 8.40. The molecule has 0 aliphatic heterocycles. The molecule has 0 fully saturated rings. The zero-order valence-corrected chi connectivity index (χ0v) is 11.5. The van der Waals surface area contributed by atoms with Crippen molar-refractivity contribution in [2.24, 2.45) is 5.73 Å². The van der Waals surface area contributed by atoms with E-state index < -0.39 is 5.82 Å². The molecule has 100 valence electrons. The normalized spacial score (nSPS) is 12.7. The van der Waals surface area contributed by atoms with Crippen molar-refractivity contribution in [1.29, 1.82) is 0 Å². The molecule has 1 atom stereocenters. The average molecular weight is 270 g/mol. The number of hydrogen-bond acceptors (Lipinski definition) is 3. The van der Waals surface area contributed by atoms with E-state index >= 15 is 0 Å². The third-order valence-corrected chi connectivity index (χ3v) is 2.90. The van der Waals surface area contributed by atoms with E-state index in [0.29, 0.717) is 13.0 Å². The smallest absolute Gasteiger partial charge is 0.133 e. The number of nitrogens with zero attached hydrogens (tertiary/aromatic N) is 1. The van der Waals surface area contributed by atoms with Gasteiger partial charge in [0, 0.05) is 18.7 Å². The second kappa shape index (κ2) is 6.78. The summed E-state index contributed by atoms with van der Waals surface area (Å²) in [6.45, 7) is 3.21. The number of halogens is 1. The first kappa shape index (κ1) is 15.0. The largest absolute Gasteiger partial charge is 0.393 e. The van der Waals surface area contributed by atoms with Crippen LogP contribution in [-0.2, 0) is 6.54 Å². The number of benzene rings is 1. The molecule has 1 aromatic carbocycles. The van der Waals surface area contributed by atoms with Crippen LogP contribution in [0, 0.1) is 5.82 Å². The van der Waals surface area contributed by atoms with Crippen LogP contribution < -0.4 is 5.73 Å². The van der Waals surface area contributed by atoms with Gasteiger partial charge in [0.1, 0.15) is 10.8 Å². The standard InChI is InChI=1S/C13H19FN2OS/c1-9(17)5-6-16(2)8-10-3-4-12(14)11(7-10)13(15)18/h3-4,7,9,17H,5-6,8H2,1-2H3,(H2,15,18). The van der Waals surface area contributed by atoms with Crippen molar-refractivity contribution in [2.75, 3.05) is 13.6 Å². The third kappa shape index (κ3) is 4.68. The number of hydrogen-bond donors (Lipinski definition) is 2. The molecule has 1 unspecified atom stereocenters. The molecule has 0 aliphatic rings. The van der Waals surface area contributed by atoms with Crippen molar-refractivity contribution in [3.8, 4) is 0 Å². The van der Waals surface area contributed by atoms with E-state index in [1.807, 2.05) is 7.05 Å². The predicted molar refractivity (Wildman–Crippen MR) is 74.9 cm³/mol. The average Bonchev–Trinajstić information content (AvgIpc) is 2.28. The first-order valence-corrected chi connectivity index (χ1v) is 6.26. The molecule has 0 aliphatic carbocycles. The topological polar surface area (TPSA) is 49.5 Å². The molecule has 0 bridgehead atoms. The summed E-state index contributed by atoms with van der Waals surface area (Å²) in [5, 5.41) is 9.21. The van der Waals surface area contributed by atoms with Crippen molar-refractivity contribution < 1.29 is 9.50 Å². The third-order valence-electron chi connectivity index (χ3n) is 2.68. The summed E-state index contributed by atoms with van der Waals surface area (Å²) in [4.78, 5) is 2.13. The Hall–Kier alpha value is -1.04. The molecule has 0 spiro atoms. The van der Waals surface area contributed by atoms with E-state index in [-0.39, 0.29) is 16.7 Å². The highest BCUT2D eigenvalue weighted by atomic mass is 32.1. The first-order valence-electron chi connectivity index (χ1n) is 5.85. The Balaban J connectivity index is 2.67. The van der Waals surface area contributed by atoms with Gasteiger partial charge in [0.15, 0.2) is 0 Å². The highest BCUT2D eigenvalue weighted by molar-refractivity contribution is 7.80. The van der Waals surface area contributed by atoms with Crippen molar-refractivity contribution in [3.05, 3.63) is 35.1 Å². The Bertz CT molecular complexity index is 423. The van der Waals surface area contributed by atoms with Gasteiger partial charge in [-0.15, -0.1) is 0 Å². The fourth-order valence-corrected chi connectivity index (χ4v) is 1.81. The molecule has 0 aromatic heterocycles. The maximum absolute atomic E-state index is 13.4. The number of thiocarbonyl (C=S) groups is 1. The van der Waals surface area contributed by atoms with Gasteiger partial charge in [-0.25, -0.2) is 4.39 Å². The van der Waals surface area contributed by atoms with Gasteiger partial charge in [-0.1, -0.05) is 18.3 Å². The van der Waals surface area contributed by atoms with Gasteiger partial charge in [0.2, 0.25) is 0 Å². The SMILES string of the molecule is CC(O)CCN(C)Cc1ccc(F)c(C(N)=S)c1. The van der Waals surface area contributed by atoms with E-state index in [1.165, 1.54) is 6.07 Å². The van der Waals surface area contributed by atoms with Gasteiger partial charge in [-0.3, -0.25) is 0 Å². The van der Waals surface area contributed by atoms with E-state index in [9.17, 15) is 9.50 Å². The summed E-state index contributed by atoms with van der Waals surface area (Å²) in [6, 6.07) is 4.78. The Morgan fingerprint density at radius 1 is 1.56 bits per heavy atom. The molecule has 0 heterocycles. The molecular formula is C13H19FN2OS. The van der Waals surface area contributed by atoms with Crippen LogP contribution in [0.2, 0.25) is 0 Å². The second-order valence-electron chi connectivity index (χ2n) is 4.55. The van der Waals surface area contributed by atoms with Gasteiger partial charge in [0.25, 0.3) is 0 Å². The Labute approximate surface area is 112 Å². The Morgan fingerprint density at radius 2 is 2.22 bits per heavy atom. The van der Waals surface area contributed by atoms with Gasteiger partial charge in [-0.05, 0) is 38.1 Å². The monoisotopic (exact) mass is 270 g/mol. The summed E-state index contributed by atoms with van der Waals surface area (Å²) in [7, 11) is 1.95. The molecule has 3 nitrogen and oxygen atoms in total. The molecular weight excluding hydrogens is 251 g/mol. The number of aliphatic hydroxyl groups is 1. The minimum Gasteiger partial charge on any atom is -0.393 e. The molecule has 1 aromatic rings. The molecule has 5 heteroatoms. The van der Waals surface area contributed by atoms with E-state index in [4.69, 9.17) is 18.0 Å². The summed E-state index contributed by atoms with van der Waals surface area (Å²) in [5.41, 5.74) is 6.69. The highest BCUT2D eigenvalue weighted by Crippen LogP contribution is 2.12. The molecule has 18 heavy (non-hydrogen) atoms. The van der Waals surface area contributed by atoms with Crippen LogP contribution >= 0.6 is 12.2 Å². The molecule has 0 amide bonds. The Morgan fingerprint density at radius 3 is 2.78 bits per heavy atom. The van der Waals surface area contributed by atoms with Crippen LogP contribution in [0.1, 0.15) is 24.5 Å². The number of nitrogens with two attached hydrogens (primary N) is 1. The molecule has 0 saturated heterocycles. The lowest BCUT2D eigenvalue weighted by Gasteiger charge is -2.18. The second-order valence-corrected chi connectivity index (χ2v) is 4.99. The lowest BCUT2D eigenvalue weighted by molar-refractivity contribution is 0.163. The summed E-state index contributed by atoms with van der Waals surface area (Å²) in [6.07, 6.45) is 0.396. The zero-order chi connectivity index (χ0) is 13.7. The van der Waals surface area contributed by atoms with E-state index in [2.05, 4.69) is 4.90 Å². The molecule has 0 saturated carbocycles. The van der Waals surface area contributed by atoms with Gasteiger partial charge < -0.3 is 15.7 Å². The maximum Gasteiger partial charge on any atom is 0.133 e.